The summed E-state index contributed by atoms with van der Waals surface area (Å²) in [6.45, 7) is 20.1. The van der Waals surface area contributed by atoms with Crippen LogP contribution in [-0.2, 0) is 21.7 Å². The predicted molar refractivity (Wildman–Crippen MR) is 148 cm³/mol. The quantitative estimate of drug-likeness (QED) is 0.154. The first-order valence-corrected chi connectivity index (χ1v) is 15.1. The molecule has 0 amide bonds. The van der Waals surface area contributed by atoms with E-state index in [1.165, 1.54) is 62.7 Å². The summed E-state index contributed by atoms with van der Waals surface area (Å²) >= 11 is 0. The Morgan fingerprint density at radius 3 is 1.47 bits per heavy atom. The van der Waals surface area contributed by atoms with Crippen molar-refractivity contribution in [3.05, 3.63) is 48.2 Å². The minimum atomic E-state index is -1.08. The van der Waals surface area contributed by atoms with E-state index in [0.29, 0.717) is 10.8 Å². The van der Waals surface area contributed by atoms with Gasteiger partial charge in [-0.25, -0.2) is 0 Å². The van der Waals surface area contributed by atoms with E-state index in [1.54, 1.807) is 0 Å². The molecule has 0 aromatic carbocycles. The van der Waals surface area contributed by atoms with Crippen LogP contribution in [0.2, 0.25) is 0 Å². The second-order valence-corrected chi connectivity index (χ2v) is 14.9. The number of hydrogen-bond donors (Lipinski definition) is 0. The van der Waals surface area contributed by atoms with Crippen LogP contribution in [0.1, 0.15) is 107 Å². The van der Waals surface area contributed by atoms with Gasteiger partial charge in [-0.15, -0.1) is 0 Å². The topological polar surface area (TPSA) is 12.4 Å². The van der Waals surface area contributed by atoms with Gasteiger partial charge in [-0.1, -0.05) is 118 Å². The summed E-state index contributed by atoms with van der Waals surface area (Å²) in [5.74, 6) is 0. The molecule has 0 atom stereocenters. The minimum absolute atomic E-state index is 0. The first kappa shape index (κ1) is 34.1. The summed E-state index contributed by atoms with van der Waals surface area (Å²) in [6.07, 6.45) is 28.6. The molecule has 0 N–H and O–H groups in total. The van der Waals surface area contributed by atoms with E-state index in [-0.39, 0.29) is 21.7 Å². The van der Waals surface area contributed by atoms with Crippen molar-refractivity contribution in [1.82, 2.24) is 0 Å². The Balaban J connectivity index is 0. The molecule has 1 rings (SSSR count). The molecule has 1 nitrogen and oxygen atoms in total. The van der Waals surface area contributed by atoms with Crippen molar-refractivity contribution in [2.24, 2.45) is 15.6 Å². The van der Waals surface area contributed by atoms with Crippen molar-refractivity contribution in [3.8, 4) is 0 Å². The number of unbranched alkanes of at least 4 members (excludes halogenated alkanes) is 3. The normalized spacial score (nSPS) is 14.3. The van der Waals surface area contributed by atoms with Crippen molar-refractivity contribution >= 4 is 7.05 Å². The van der Waals surface area contributed by atoms with E-state index >= 15 is 0 Å². The van der Waals surface area contributed by atoms with Crippen LogP contribution < -0.4 is 0 Å². The van der Waals surface area contributed by atoms with Crippen LogP contribution in [0.3, 0.4) is 0 Å². The SMILES string of the molecule is CC(C)(C)C=CC=CC(C)(C)C.CCCCP(CCCC)(CCCC)=NC1=CC=CC1.[Ti]. The Morgan fingerprint density at radius 1 is 0.781 bits per heavy atom. The molecule has 3 heteroatoms. The van der Waals surface area contributed by atoms with Gasteiger partial charge in [-0.3, -0.25) is 4.74 Å². The molecule has 0 spiro atoms. The monoisotopic (exact) mass is 495 g/mol. The second kappa shape index (κ2) is 18.3. The molecule has 0 radical (unpaired) electrons. The van der Waals surface area contributed by atoms with Gasteiger partial charge in [0.15, 0.2) is 0 Å². The van der Waals surface area contributed by atoms with E-state index in [9.17, 15) is 0 Å². The first-order chi connectivity index (χ1) is 14.5. The zero-order valence-corrected chi connectivity index (χ0v) is 25.5. The van der Waals surface area contributed by atoms with E-state index in [4.69, 9.17) is 4.74 Å². The number of rotatable bonds is 11. The van der Waals surface area contributed by atoms with Crippen molar-refractivity contribution in [2.45, 2.75) is 107 Å². The van der Waals surface area contributed by atoms with Gasteiger partial charge >= 0.3 is 0 Å². The Labute approximate surface area is 217 Å². The number of nitrogens with zero attached hydrogens (tertiary/aromatic N) is 1. The Hall–Kier alpha value is -0.0957. The fourth-order valence-electron chi connectivity index (χ4n) is 3.31. The molecule has 0 heterocycles. The average Bonchev–Trinajstić information content (AvgIpc) is 3.18. The molecule has 32 heavy (non-hydrogen) atoms. The maximum Gasteiger partial charge on any atom is 0.0425 e. The molecule has 0 fully saturated rings. The van der Waals surface area contributed by atoms with E-state index < -0.39 is 7.05 Å². The van der Waals surface area contributed by atoms with Gasteiger partial charge in [-0.05, 0) is 61.7 Å². The van der Waals surface area contributed by atoms with Crippen molar-refractivity contribution < 1.29 is 21.7 Å². The standard InChI is InChI=1S/C17H32NP.C12H22.Ti/c1-4-7-14-19(15-8-5-2,16-9-6-3)18-17-12-10-11-13-17;1-11(2,3)9-7-8-10-12(4,5)6;/h10-12H,4-9,13-16H2,1-3H3;7-10H,1-6H3;. The van der Waals surface area contributed by atoms with Gasteiger partial charge < -0.3 is 0 Å². The fourth-order valence-corrected chi connectivity index (χ4v) is 7.69. The molecule has 0 aliphatic heterocycles. The summed E-state index contributed by atoms with van der Waals surface area (Å²) in [4.78, 5) is 0. The maximum atomic E-state index is 5.33. The molecule has 184 valence electrons. The third-order valence-electron chi connectivity index (χ3n) is 5.18. The largest absolute Gasteiger partial charge is 0.272 e. The summed E-state index contributed by atoms with van der Waals surface area (Å²) < 4.78 is 5.33. The van der Waals surface area contributed by atoms with Crippen molar-refractivity contribution in [1.29, 1.82) is 0 Å². The number of hydrogen-bond acceptors (Lipinski definition) is 1. The first-order valence-electron chi connectivity index (χ1n) is 12.8. The molecule has 0 aromatic heterocycles. The van der Waals surface area contributed by atoms with E-state index in [2.05, 4.69) is 105 Å². The Kier molecular flexibility index (Phi) is 19.4. The Bertz CT molecular complexity index is 589. The van der Waals surface area contributed by atoms with Crippen LogP contribution in [0.15, 0.2) is 53.0 Å². The van der Waals surface area contributed by atoms with Gasteiger partial charge in [0.05, 0.1) is 0 Å². The van der Waals surface area contributed by atoms with Gasteiger partial charge in [0.25, 0.3) is 0 Å². The average molecular weight is 496 g/mol. The van der Waals surface area contributed by atoms with Gasteiger partial charge in [-0.2, -0.15) is 0 Å². The molecule has 0 unspecified atom stereocenters. The Morgan fingerprint density at radius 2 is 1.19 bits per heavy atom. The van der Waals surface area contributed by atoms with Crippen LogP contribution in [-0.4, -0.2) is 18.5 Å². The van der Waals surface area contributed by atoms with E-state index in [1.807, 2.05) is 0 Å². The molecule has 0 saturated carbocycles. The summed E-state index contributed by atoms with van der Waals surface area (Å²) in [7, 11) is -1.08. The summed E-state index contributed by atoms with van der Waals surface area (Å²) in [5, 5.41) is 0. The molecule has 1 aliphatic rings. The molecule has 0 aromatic rings. The second-order valence-electron chi connectivity index (χ2n) is 11.2. The van der Waals surface area contributed by atoms with Crippen molar-refractivity contribution in [3.63, 3.8) is 0 Å². The zero-order chi connectivity index (χ0) is 23.8. The molecule has 0 bridgehead atoms. The minimum Gasteiger partial charge on any atom is -0.272 e. The van der Waals surface area contributed by atoms with Gasteiger partial charge in [0.1, 0.15) is 0 Å². The van der Waals surface area contributed by atoms with Crippen LogP contribution in [0.4, 0.5) is 0 Å². The van der Waals surface area contributed by atoms with Crippen LogP contribution in [0.5, 0.6) is 0 Å². The maximum absolute atomic E-state index is 5.33. The summed E-state index contributed by atoms with van der Waals surface area (Å²) in [5.41, 5.74) is 1.95. The van der Waals surface area contributed by atoms with Crippen LogP contribution in [0.25, 0.3) is 0 Å². The molecular weight excluding hydrogens is 441 g/mol. The molecule has 1 aliphatic carbocycles. The van der Waals surface area contributed by atoms with Crippen LogP contribution in [0, 0.1) is 10.8 Å². The zero-order valence-electron chi connectivity index (χ0n) is 23.0. The predicted octanol–water partition coefficient (Wildman–Crippen LogP) is 10.6. The van der Waals surface area contributed by atoms with E-state index in [0.717, 1.165) is 6.42 Å². The van der Waals surface area contributed by atoms with Gasteiger partial charge in [0.2, 0.25) is 0 Å². The van der Waals surface area contributed by atoms with Crippen LogP contribution >= 0.6 is 7.05 Å². The molecular formula is C29H54NPTi. The molecule has 0 saturated heterocycles. The summed E-state index contributed by atoms with van der Waals surface area (Å²) in [6, 6.07) is 0. The fraction of sp³-hybridized carbons (Fsp3) is 0.724. The van der Waals surface area contributed by atoms with Gasteiger partial charge in [0, 0.05) is 33.8 Å². The number of allylic oxidation sites excluding steroid dienone is 7. The smallest absolute Gasteiger partial charge is 0.0425 e. The third kappa shape index (κ3) is 19.4. The third-order valence-corrected chi connectivity index (χ3v) is 9.31. The van der Waals surface area contributed by atoms with Crippen molar-refractivity contribution in [2.75, 3.05) is 18.5 Å².